The minimum Gasteiger partial charge on any atom is -0.383 e. The van der Waals surface area contributed by atoms with Gasteiger partial charge in [-0.1, -0.05) is 32.9 Å². The first kappa shape index (κ1) is 13.6. The van der Waals surface area contributed by atoms with Gasteiger partial charge in [0.1, 0.15) is 11.4 Å². The highest BCUT2D eigenvalue weighted by Crippen LogP contribution is 2.40. The second-order valence-corrected chi connectivity index (χ2v) is 5.77. The maximum atomic E-state index is 14.0. The summed E-state index contributed by atoms with van der Waals surface area (Å²) in [4.78, 5) is 0. The van der Waals surface area contributed by atoms with Gasteiger partial charge in [-0.15, -0.1) is 0 Å². The molecule has 1 rings (SSSR count). The highest BCUT2D eigenvalue weighted by molar-refractivity contribution is 9.10. The molecule has 0 aliphatic rings. The summed E-state index contributed by atoms with van der Waals surface area (Å²) >= 11 is 3.11. The van der Waals surface area contributed by atoms with E-state index in [1.807, 2.05) is 20.8 Å². The lowest BCUT2D eigenvalue weighted by Crippen LogP contribution is -2.47. The fraction of sp³-hybridized carbons (Fsp3) is 0.500. The molecule has 0 spiro atoms. The zero-order chi connectivity index (χ0) is 12.6. The molecule has 0 aliphatic carbocycles. The molecule has 1 atom stereocenters. The maximum Gasteiger partial charge on any atom is 0.143 e. The van der Waals surface area contributed by atoms with E-state index in [-0.39, 0.29) is 12.1 Å². The van der Waals surface area contributed by atoms with Crippen LogP contribution in [0.3, 0.4) is 0 Å². The third kappa shape index (κ3) is 2.14. The molecule has 1 unspecified atom stereocenters. The van der Waals surface area contributed by atoms with E-state index in [0.717, 1.165) is 0 Å². The van der Waals surface area contributed by atoms with Crippen LogP contribution in [0.15, 0.2) is 22.7 Å². The van der Waals surface area contributed by atoms with Crippen LogP contribution in [0.2, 0.25) is 0 Å². The number of benzene rings is 1. The summed E-state index contributed by atoms with van der Waals surface area (Å²) in [6.07, 6.45) is 0. The molecule has 1 aromatic rings. The molecule has 4 heteroatoms. The Morgan fingerprint density at radius 2 is 1.94 bits per heavy atom. The molecule has 0 saturated carbocycles. The molecule has 0 heterocycles. The lowest BCUT2D eigenvalue weighted by molar-refractivity contribution is -0.0584. The van der Waals surface area contributed by atoms with E-state index >= 15 is 0 Å². The molecule has 0 aliphatic heterocycles. The number of hydrogen-bond donors (Lipinski definition) is 2. The summed E-state index contributed by atoms with van der Waals surface area (Å²) in [5.41, 5.74) is 3.93. The van der Waals surface area contributed by atoms with Crippen LogP contribution in [-0.2, 0) is 5.60 Å². The van der Waals surface area contributed by atoms with Crippen molar-refractivity contribution in [2.45, 2.75) is 26.4 Å². The number of aliphatic hydroxyl groups is 1. The van der Waals surface area contributed by atoms with Crippen LogP contribution in [0.5, 0.6) is 0 Å². The lowest BCUT2D eigenvalue weighted by Gasteiger charge is -2.40. The van der Waals surface area contributed by atoms with E-state index < -0.39 is 16.8 Å². The molecule has 2 nitrogen and oxygen atoms in total. The van der Waals surface area contributed by atoms with Crippen molar-refractivity contribution < 1.29 is 9.50 Å². The second-order valence-electron chi connectivity index (χ2n) is 4.92. The van der Waals surface area contributed by atoms with Crippen molar-refractivity contribution in [2.75, 3.05) is 6.54 Å². The molecule has 0 amide bonds. The SMILES string of the molecule is CC(C)(C)C(O)(CN)c1cccc(Br)c1F. The topological polar surface area (TPSA) is 46.2 Å². The Balaban J connectivity index is 3.40. The summed E-state index contributed by atoms with van der Waals surface area (Å²) in [6.45, 7) is 5.48. The Labute approximate surface area is 104 Å². The van der Waals surface area contributed by atoms with E-state index in [1.165, 1.54) is 0 Å². The van der Waals surface area contributed by atoms with Crippen LogP contribution in [0, 0.1) is 11.2 Å². The van der Waals surface area contributed by atoms with Crippen molar-refractivity contribution in [3.05, 3.63) is 34.1 Å². The van der Waals surface area contributed by atoms with E-state index in [2.05, 4.69) is 15.9 Å². The molecule has 0 aromatic heterocycles. The Morgan fingerprint density at radius 3 is 2.38 bits per heavy atom. The molecular formula is C12H17BrFNO. The molecule has 0 radical (unpaired) electrons. The smallest absolute Gasteiger partial charge is 0.143 e. The quantitative estimate of drug-likeness (QED) is 0.879. The van der Waals surface area contributed by atoms with Gasteiger partial charge in [-0.3, -0.25) is 0 Å². The minimum atomic E-state index is -1.37. The van der Waals surface area contributed by atoms with Crippen molar-refractivity contribution in [3.8, 4) is 0 Å². The van der Waals surface area contributed by atoms with E-state index in [0.29, 0.717) is 4.47 Å². The third-order valence-corrected chi connectivity index (χ3v) is 3.55. The zero-order valence-electron chi connectivity index (χ0n) is 9.72. The Kier molecular flexibility index (Phi) is 3.77. The van der Waals surface area contributed by atoms with Gasteiger partial charge in [-0.05, 0) is 27.4 Å². The number of nitrogens with two attached hydrogens (primary N) is 1. The van der Waals surface area contributed by atoms with Gasteiger partial charge < -0.3 is 10.8 Å². The first-order valence-electron chi connectivity index (χ1n) is 5.11. The molecule has 16 heavy (non-hydrogen) atoms. The fourth-order valence-corrected chi connectivity index (χ4v) is 2.01. The first-order valence-corrected chi connectivity index (χ1v) is 5.90. The average Bonchev–Trinajstić information content (AvgIpc) is 2.19. The first-order chi connectivity index (χ1) is 7.24. The summed E-state index contributed by atoms with van der Waals surface area (Å²) in [7, 11) is 0. The van der Waals surface area contributed by atoms with Gasteiger partial charge in [0.25, 0.3) is 0 Å². The molecule has 90 valence electrons. The summed E-state index contributed by atoms with van der Waals surface area (Å²) in [6, 6.07) is 4.85. The van der Waals surface area contributed by atoms with Gasteiger partial charge in [0.2, 0.25) is 0 Å². The Hall–Kier alpha value is -0.450. The monoisotopic (exact) mass is 289 g/mol. The van der Waals surface area contributed by atoms with Gasteiger partial charge in [0.15, 0.2) is 0 Å². The standard InChI is InChI=1S/C12H17BrFNO/c1-11(2,3)12(16,7-15)8-5-4-6-9(13)10(8)14/h4-6,16H,7,15H2,1-3H3. The van der Waals surface area contributed by atoms with Gasteiger partial charge in [-0.2, -0.15) is 0 Å². The van der Waals surface area contributed by atoms with Crippen LogP contribution < -0.4 is 5.73 Å². The molecule has 0 saturated heterocycles. The fourth-order valence-electron chi connectivity index (χ4n) is 1.64. The molecule has 0 bridgehead atoms. The van der Waals surface area contributed by atoms with Gasteiger partial charge in [0, 0.05) is 12.1 Å². The van der Waals surface area contributed by atoms with Crippen LogP contribution in [-0.4, -0.2) is 11.7 Å². The van der Waals surface area contributed by atoms with E-state index in [1.54, 1.807) is 18.2 Å². The van der Waals surface area contributed by atoms with Crippen molar-refractivity contribution in [1.82, 2.24) is 0 Å². The zero-order valence-corrected chi connectivity index (χ0v) is 11.3. The number of hydrogen-bond acceptors (Lipinski definition) is 2. The average molecular weight is 290 g/mol. The van der Waals surface area contributed by atoms with E-state index in [9.17, 15) is 9.50 Å². The molecule has 0 fully saturated rings. The highest BCUT2D eigenvalue weighted by Gasteiger charge is 2.42. The summed E-state index contributed by atoms with van der Waals surface area (Å²) < 4.78 is 14.3. The van der Waals surface area contributed by atoms with Crippen LogP contribution >= 0.6 is 15.9 Å². The molecular weight excluding hydrogens is 273 g/mol. The van der Waals surface area contributed by atoms with Crippen molar-refractivity contribution in [2.24, 2.45) is 11.1 Å². The largest absolute Gasteiger partial charge is 0.383 e. The Bertz CT molecular complexity index is 389. The lowest BCUT2D eigenvalue weighted by atomic mass is 9.72. The molecule has 3 N–H and O–H groups in total. The maximum absolute atomic E-state index is 14.0. The van der Waals surface area contributed by atoms with Crippen LogP contribution in [0.1, 0.15) is 26.3 Å². The van der Waals surface area contributed by atoms with Gasteiger partial charge in [-0.25, -0.2) is 4.39 Å². The second kappa shape index (κ2) is 4.43. The third-order valence-electron chi connectivity index (χ3n) is 2.93. The number of halogens is 2. The summed E-state index contributed by atoms with van der Waals surface area (Å²) in [5, 5.41) is 10.5. The van der Waals surface area contributed by atoms with Crippen molar-refractivity contribution >= 4 is 15.9 Å². The van der Waals surface area contributed by atoms with Gasteiger partial charge >= 0.3 is 0 Å². The minimum absolute atomic E-state index is 0.0239. The van der Waals surface area contributed by atoms with Crippen molar-refractivity contribution in [1.29, 1.82) is 0 Å². The van der Waals surface area contributed by atoms with Gasteiger partial charge in [0.05, 0.1) is 4.47 Å². The molecule has 1 aromatic carbocycles. The summed E-state index contributed by atoms with van der Waals surface area (Å²) in [5.74, 6) is -0.453. The van der Waals surface area contributed by atoms with Crippen LogP contribution in [0.25, 0.3) is 0 Å². The normalized spacial score (nSPS) is 15.9. The van der Waals surface area contributed by atoms with E-state index in [4.69, 9.17) is 5.73 Å². The highest BCUT2D eigenvalue weighted by atomic mass is 79.9. The van der Waals surface area contributed by atoms with Crippen molar-refractivity contribution in [3.63, 3.8) is 0 Å². The predicted octanol–water partition coefficient (Wildman–Crippen LogP) is 2.78. The Morgan fingerprint density at radius 1 is 1.38 bits per heavy atom. The number of rotatable bonds is 2. The predicted molar refractivity (Wildman–Crippen MR) is 66.5 cm³/mol. The van der Waals surface area contributed by atoms with Crippen LogP contribution in [0.4, 0.5) is 4.39 Å².